The number of anilines is 2. The van der Waals surface area contributed by atoms with Crippen LogP contribution in [0, 0.1) is 0 Å². The number of para-hydroxylation sites is 1. The number of thioether (sulfide) groups is 1. The molecule has 1 aliphatic heterocycles. The molecule has 1 fully saturated rings. The molecule has 3 nitrogen and oxygen atoms in total. The van der Waals surface area contributed by atoms with Crippen LogP contribution >= 0.6 is 35.6 Å². The van der Waals surface area contributed by atoms with Crippen LogP contribution in [0.15, 0.2) is 54.6 Å². The van der Waals surface area contributed by atoms with Gasteiger partial charge in [0.25, 0.3) is 5.91 Å². The van der Waals surface area contributed by atoms with E-state index in [-0.39, 0.29) is 5.91 Å². The zero-order valence-electron chi connectivity index (χ0n) is 10.8. The van der Waals surface area contributed by atoms with Crippen molar-refractivity contribution in [3.05, 3.63) is 59.6 Å². The van der Waals surface area contributed by atoms with Gasteiger partial charge in [-0.1, -0.05) is 53.8 Å². The Kier molecular flexibility index (Phi) is 4.14. The number of benzene rings is 2. The molecule has 0 radical (unpaired) electrons. The Morgan fingerprint density at radius 2 is 1.76 bits per heavy atom. The smallest absolute Gasteiger partial charge is 0.266 e. The summed E-state index contributed by atoms with van der Waals surface area (Å²) >= 11 is 12.5. The molecule has 1 aliphatic rings. The molecule has 0 saturated carbocycles. The Bertz CT molecular complexity index is 676. The highest BCUT2D eigenvalue weighted by atomic mass is 35.5. The summed E-state index contributed by atoms with van der Waals surface area (Å²) in [5.74, 6) is -0.0638. The minimum atomic E-state index is -0.418. The lowest BCUT2D eigenvalue weighted by atomic mass is 10.3. The van der Waals surface area contributed by atoms with Gasteiger partial charge in [-0.05, 0) is 36.4 Å². The van der Waals surface area contributed by atoms with E-state index in [1.165, 1.54) is 11.8 Å². The van der Waals surface area contributed by atoms with E-state index < -0.39 is 5.37 Å². The van der Waals surface area contributed by atoms with Crippen molar-refractivity contribution in [1.82, 2.24) is 0 Å². The van der Waals surface area contributed by atoms with Gasteiger partial charge in [0.2, 0.25) is 0 Å². The number of carbonyl (C=O) groups excluding carboxylic acids is 1. The van der Waals surface area contributed by atoms with Crippen molar-refractivity contribution in [2.75, 3.05) is 10.2 Å². The van der Waals surface area contributed by atoms with Crippen LogP contribution in [0.2, 0.25) is 5.02 Å². The van der Waals surface area contributed by atoms with Crippen molar-refractivity contribution in [1.29, 1.82) is 0 Å². The van der Waals surface area contributed by atoms with Gasteiger partial charge in [-0.15, -0.1) is 0 Å². The van der Waals surface area contributed by atoms with Crippen LogP contribution in [0.1, 0.15) is 0 Å². The van der Waals surface area contributed by atoms with Gasteiger partial charge in [-0.25, -0.2) is 0 Å². The average molecular weight is 335 g/mol. The van der Waals surface area contributed by atoms with E-state index in [4.69, 9.17) is 23.8 Å². The number of nitrogens with one attached hydrogen (secondary N) is 1. The van der Waals surface area contributed by atoms with E-state index >= 15 is 0 Å². The first-order valence-electron chi connectivity index (χ1n) is 6.27. The Morgan fingerprint density at radius 3 is 2.43 bits per heavy atom. The zero-order chi connectivity index (χ0) is 14.8. The third-order valence-electron chi connectivity index (χ3n) is 3.00. The second-order valence-electron chi connectivity index (χ2n) is 4.42. The molecule has 1 amide bonds. The summed E-state index contributed by atoms with van der Waals surface area (Å²) < 4.78 is 0.553. The van der Waals surface area contributed by atoms with Crippen molar-refractivity contribution in [2.45, 2.75) is 5.37 Å². The summed E-state index contributed by atoms with van der Waals surface area (Å²) in [7, 11) is 0. The molecular formula is C15H11ClN2OS2. The predicted octanol–water partition coefficient (Wildman–Crippen LogP) is 4.14. The first-order chi connectivity index (χ1) is 10.1. The second kappa shape index (κ2) is 6.05. The number of hydrogen-bond donors (Lipinski definition) is 1. The molecule has 6 heteroatoms. The third-order valence-corrected chi connectivity index (χ3v) is 4.66. The maximum atomic E-state index is 12.5. The molecule has 21 heavy (non-hydrogen) atoms. The quantitative estimate of drug-likeness (QED) is 0.855. The first-order valence-corrected chi connectivity index (χ1v) is 7.93. The number of amides is 1. The number of rotatable bonds is 3. The van der Waals surface area contributed by atoms with Crippen molar-refractivity contribution >= 4 is 57.2 Å². The molecule has 0 aromatic heterocycles. The van der Waals surface area contributed by atoms with Crippen LogP contribution in [0.25, 0.3) is 0 Å². The number of thiocarbonyl (C=S) groups is 1. The summed E-state index contributed by atoms with van der Waals surface area (Å²) in [5, 5.41) is 3.42. The van der Waals surface area contributed by atoms with Gasteiger partial charge in [-0.3, -0.25) is 9.69 Å². The van der Waals surface area contributed by atoms with Crippen molar-refractivity contribution < 1.29 is 4.79 Å². The summed E-state index contributed by atoms with van der Waals surface area (Å²) in [6.45, 7) is 0. The lowest BCUT2D eigenvalue weighted by Crippen LogP contribution is -2.34. The van der Waals surface area contributed by atoms with Gasteiger partial charge in [-0.2, -0.15) is 0 Å². The van der Waals surface area contributed by atoms with E-state index in [1.54, 1.807) is 17.0 Å². The first kappa shape index (κ1) is 14.4. The van der Waals surface area contributed by atoms with E-state index in [0.29, 0.717) is 9.34 Å². The van der Waals surface area contributed by atoms with Crippen molar-refractivity contribution in [3.63, 3.8) is 0 Å². The third kappa shape index (κ3) is 3.05. The van der Waals surface area contributed by atoms with Gasteiger partial charge in [0, 0.05) is 10.7 Å². The number of carbonyl (C=O) groups is 1. The Morgan fingerprint density at radius 1 is 1.10 bits per heavy atom. The van der Waals surface area contributed by atoms with Crippen LogP contribution in [-0.4, -0.2) is 15.6 Å². The average Bonchev–Trinajstić information content (AvgIpc) is 2.77. The van der Waals surface area contributed by atoms with E-state index in [0.717, 1.165) is 11.4 Å². The van der Waals surface area contributed by atoms with E-state index in [2.05, 4.69) is 5.32 Å². The van der Waals surface area contributed by atoms with Crippen LogP contribution in [0.4, 0.5) is 11.4 Å². The standard InChI is InChI=1S/C15H11ClN2OS2/c16-10-6-8-11(9-7-10)17-13-14(19)18(15(20)21-13)12-4-2-1-3-5-12/h1-9,13,17H/t13-/m0/s1. The van der Waals surface area contributed by atoms with Crippen LogP contribution < -0.4 is 10.2 Å². The molecule has 1 N–H and O–H groups in total. The fourth-order valence-electron chi connectivity index (χ4n) is 2.01. The van der Waals surface area contributed by atoms with Gasteiger partial charge in [0.1, 0.15) is 4.32 Å². The van der Waals surface area contributed by atoms with Crippen LogP contribution in [0.5, 0.6) is 0 Å². The van der Waals surface area contributed by atoms with Gasteiger partial charge in [0.05, 0.1) is 5.69 Å². The Balaban J connectivity index is 1.79. The molecule has 1 atom stereocenters. The lowest BCUT2D eigenvalue weighted by molar-refractivity contribution is -0.116. The van der Waals surface area contributed by atoms with Crippen molar-refractivity contribution in [3.8, 4) is 0 Å². The largest absolute Gasteiger partial charge is 0.365 e. The summed E-state index contributed by atoms with van der Waals surface area (Å²) in [6.07, 6.45) is 0. The molecule has 3 rings (SSSR count). The van der Waals surface area contributed by atoms with Gasteiger partial charge >= 0.3 is 0 Å². The predicted molar refractivity (Wildman–Crippen MR) is 93.0 cm³/mol. The highest BCUT2D eigenvalue weighted by Crippen LogP contribution is 2.32. The highest BCUT2D eigenvalue weighted by Gasteiger charge is 2.37. The molecule has 0 bridgehead atoms. The van der Waals surface area contributed by atoms with Crippen LogP contribution in [-0.2, 0) is 4.79 Å². The van der Waals surface area contributed by atoms with Crippen molar-refractivity contribution in [2.24, 2.45) is 0 Å². The molecule has 0 spiro atoms. The number of hydrogen-bond acceptors (Lipinski definition) is 4. The lowest BCUT2D eigenvalue weighted by Gasteiger charge is -2.16. The zero-order valence-corrected chi connectivity index (χ0v) is 13.2. The normalized spacial score (nSPS) is 18.1. The van der Waals surface area contributed by atoms with Gasteiger partial charge < -0.3 is 5.32 Å². The fraction of sp³-hybridized carbons (Fsp3) is 0.0667. The molecular weight excluding hydrogens is 324 g/mol. The molecule has 2 aromatic rings. The minimum absolute atomic E-state index is 0.0638. The number of halogens is 1. The summed E-state index contributed by atoms with van der Waals surface area (Å²) in [4.78, 5) is 14.1. The highest BCUT2D eigenvalue weighted by molar-refractivity contribution is 8.25. The Labute approximate surface area is 137 Å². The molecule has 2 aromatic carbocycles. The summed E-state index contributed by atoms with van der Waals surface area (Å²) in [5.41, 5.74) is 1.63. The number of nitrogens with zero attached hydrogens (tertiary/aromatic N) is 1. The minimum Gasteiger partial charge on any atom is -0.365 e. The Hall–Kier alpha value is -1.56. The maximum absolute atomic E-state index is 12.5. The monoisotopic (exact) mass is 334 g/mol. The van der Waals surface area contributed by atoms with E-state index in [9.17, 15) is 4.79 Å². The van der Waals surface area contributed by atoms with Crippen LogP contribution in [0.3, 0.4) is 0 Å². The molecule has 0 unspecified atom stereocenters. The summed E-state index contributed by atoms with van der Waals surface area (Å²) in [6, 6.07) is 16.7. The molecule has 1 saturated heterocycles. The fourth-order valence-corrected chi connectivity index (χ4v) is 3.52. The van der Waals surface area contributed by atoms with E-state index in [1.807, 2.05) is 42.5 Å². The second-order valence-corrected chi connectivity index (χ2v) is 6.60. The molecule has 1 heterocycles. The topological polar surface area (TPSA) is 32.3 Å². The SMILES string of the molecule is O=C1[C@@H](Nc2ccc(Cl)cc2)SC(=S)N1c1ccccc1. The molecule has 106 valence electrons. The molecule has 0 aliphatic carbocycles. The van der Waals surface area contributed by atoms with Gasteiger partial charge in [0.15, 0.2) is 5.37 Å². The maximum Gasteiger partial charge on any atom is 0.266 e.